The molecule has 0 bridgehead atoms. The third-order valence-corrected chi connectivity index (χ3v) is 7.33. The second kappa shape index (κ2) is 10.8. The molecule has 1 fully saturated rings. The number of likely N-dealkylation sites (tertiary alicyclic amines) is 1. The highest BCUT2D eigenvalue weighted by Gasteiger charge is 2.31. The van der Waals surface area contributed by atoms with Gasteiger partial charge >= 0.3 is 6.36 Å². The quantitative estimate of drug-likeness (QED) is 0.342. The Balaban J connectivity index is 1.09. The molecule has 1 aliphatic rings. The average Bonchev–Trinajstić information content (AvgIpc) is 3.57. The summed E-state index contributed by atoms with van der Waals surface area (Å²) in [5.74, 6) is -0.424. The normalized spacial score (nSPS) is 14.6. The third-order valence-electron chi connectivity index (χ3n) is 6.32. The first kappa shape index (κ1) is 25.6. The van der Waals surface area contributed by atoms with E-state index in [0.29, 0.717) is 36.4 Å². The van der Waals surface area contributed by atoms with Crippen LogP contribution in [0.3, 0.4) is 0 Å². The Kier molecular flexibility index (Phi) is 7.27. The number of hydrogen-bond donors (Lipinski definition) is 2. The fraction of sp³-hybridized carbons (Fsp3) is 0.320. The molecule has 1 aliphatic heterocycles. The Bertz CT molecular complexity index is 1430. The van der Waals surface area contributed by atoms with E-state index in [0.717, 1.165) is 28.9 Å². The van der Waals surface area contributed by atoms with Crippen LogP contribution in [-0.2, 0) is 11.2 Å². The number of piperidine rings is 1. The minimum Gasteiger partial charge on any atom is -0.406 e. The van der Waals surface area contributed by atoms with Crippen LogP contribution in [0.4, 0.5) is 18.9 Å². The summed E-state index contributed by atoms with van der Waals surface area (Å²) in [6, 6.07) is 10.8. The van der Waals surface area contributed by atoms with Crippen molar-refractivity contribution < 1.29 is 27.5 Å². The fourth-order valence-electron chi connectivity index (χ4n) is 4.34. The molecule has 0 aliphatic carbocycles. The Hall–Kier alpha value is -4.00. The summed E-state index contributed by atoms with van der Waals surface area (Å²) in [6.07, 6.45) is -2.55. The van der Waals surface area contributed by atoms with Crippen molar-refractivity contribution in [3.63, 3.8) is 0 Å². The molecule has 2 aromatic carbocycles. The molecule has 38 heavy (non-hydrogen) atoms. The van der Waals surface area contributed by atoms with Crippen LogP contribution in [0.5, 0.6) is 5.75 Å². The molecule has 3 heterocycles. The van der Waals surface area contributed by atoms with Crippen molar-refractivity contribution in [2.75, 3.05) is 18.4 Å². The lowest BCUT2D eigenvalue weighted by molar-refractivity contribution is -0.274. The van der Waals surface area contributed by atoms with E-state index in [1.807, 2.05) is 0 Å². The minimum absolute atomic E-state index is 0.00218. The van der Waals surface area contributed by atoms with Crippen LogP contribution in [0.25, 0.3) is 11.0 Å². The highest BCUT2D eigenvalue weighted by atomic mass is 32.1. The summed E-state index contributed by atoms with van der Waals surface area (Å²) in [7, 11) is 0. The molecule has 0 radical (unpaired) electrons. The highest BCUT2D eigenvalue weighted by molar-refractivity contribution is 7.10. The number of thiazole rings is 1. The van der Waals surface area contributed by atoms with Gasteiger partial charge in [-0.2, -0.15) is 0 Å². The van der Waals surface area contributed by atoms with E-state index >= 15 is 0 Å². The summed E-state index contributed by atoms with van der Waals surface area (Å²) in [6.45, 7) is 1.17. The maximum absolute atomic E-state index is 12.7. The number of halogens is 3. The van der Waals surface area contributed by atoms with E-state index in [4.69, 9.17) is 0 Å². The lowest BCUT2D eigenvalue weighted by Gasteiger charge is -2.31. The molecule has 0 saturated carbocycles. The van der Waals surface area contributed by atoms with Gasteiger partial charge in [0.05, 0.1) is 10.5 Å². The molecule has 2 aromatic heterocycles. The van der Waals surface area contributed by atoms with Crippen LogP contribution in [0.2, 0.25) is 0 Å². The number of aromatic nitrogens is 4. The van der Waals surface area contributed by atoms with E-state index in [1.165, 1.54) is 35.6 Å². The number of carbonyl (C=O) groups is 2. The summed E-state index contributed by atoms with van der Waals surface area (Å²) in [5.41, 5.74) is 3.13. The van der Waals surface area contributed by atoms with Crippen LogP contribution >= 0.6 is 11.3 Å². The zero-order valence-electron chi connectivity index (χ0n) is 20.0. The van der Waals surface area contributed by atoms with Crippen LogP contribution in [-0.4, -0.2) is 56.6 Å². The molecule has 4 aromatic rings. The van der Waals surface area contributed by atoms with Gasteiger partial charge in [-0.25, -0.2) is 4.98 Å². The number of rotatable bonds is 7. The predicted octanol–water partition coefficient (Wildman–Crippen LogP) is 4.90. The second-order valence-electron chi connectivity index (χ2n) is 8.92. The first-order valence-corrected chi connectivity index (χ1v) is 12.8. The first-order valence-electron chi connectivity index (χ1n) is 11.9. The second-order valence-corrected chi connectivity index (χ2v) is 9.81. The Labute approximate surface area is 219 Å². The predicted molar refractivity (Wildman–Crippen MR) is 134 cm³/mol. The van der Waals surface area contributed by atoms with Crippen LogP contribution in [0, 0.1) is 0 Å². The smallest absolute Gasteiger partial charge is 0.406 e. The van der Waals surface area contributed by atoms with Crippen LogP contribution < -0.4 is 10.1 Å². The van der Waals surface area contributed by atoms with Gasteiger partial charge in [0, 0.05) is 36.5 Å². The summed E-state index contributed by atoms with van der Waals surface area (Å²) in [4.78, 5) is 31.7. The van der Waals surface area contributed by atoms with Crippen LogP contribution in [0.15, 0.2) is 47.8 Å². The molecule has 2 amide bonds. The molecular formula is C25H23F3N6O3S. The zero-order valence-corrected chi connectivity index (χ0v) is 20.8. The maximum atomic E-state index is 12.7. The van der Waals surface area contributed by atoms with Crippen molar-refractivity contribution in [1.29, 1.82) is 0 Å². The van der Waals surface area contributed by atoms with Crippen LogP contribution in [0.1, 0.15) is 46.2 Å². The highest BCUT2D eigenvalue weighted by Crippen LogP contribution is 2.31. The van der Waals surface area contributed by atoms with Gasteiger partial charge in [-0.05, 0) is 55.2 Å². The molecule has 5 rings (SSSR count). The lowest BCUT2D eigenvalue weighted by atomic mass is 9.97. The fourth-order valence-corrected chi connectivity index (χ4v) is 5.31. The van der Waals surface area contributed by atoms with Gasteiger partial charge in [0.15, 0.2) is 0 Å². The standard InChI is InChI=1S/C25H23F3N6O3S/c26-25(27,28)37-18-5-1-15(2-6-18)3-8-22(35)34-11-9-16(10-12-34)24-30-21(14-38-24)23(36)29-17-4-7-19-20(13-17)32-33-31-19/h1-2,4-7,13-14,16H,3,8-12H2,(H,29,36)(H,31,32,33). The number of benzene rings is 2. The van der Waals surface area contributed by atoms with E-state index in [9.17, 15) is 22.8 Å². The van der Waals surface area contributed by atoms with E-state index in [-0.39, 0.29) is 29.9 Å². The summed E-state index contributed by atoms with van der Waals surface area (Å²) >= 11 is 1.44. The number of alkyl halides is 3. The number of H-pyrrole nitrogens is 1. The third kappa shape index (κ3) is 6.28. The molecular weight excluding hydrogens is 521 g/mol. The number of fused-ring (bicyclic) bond motifs is 1. The number of carbonyl (C=O) groups excluding carboxylic acids is 2. The van der Waals surface area contributed by atoms with Crippen molar-refractivity contribution in [2.45, 2.75) is 38.0 Å². The number of ether oxygens (including phenoxy) is 1. The molecule has 198 valence electrons. The molecule has 2 N–H and O–H groups in total. The molecule has 0 atom stereocenters. The van der Waals surface area contributed by atoms with Gasteiger partial charge in [0.25, 0.3) is 5.91 Å². The number of hydrogen-bond acceptors (Lipinski definition) is 7. The van der Waals surface area contributed by atoms with Gasteiger partial charge in [-0.3, -0.25) is 14.7 Å². The van der Waals surface area contributed by atoms with Gasteiger partial charge in [0.2, 0.25) is 5.91 Å². The Morgan fingerprint density at radius 2 is 1.89 bits per heavy atom. The average molecular weight is 545 g/mol. The Morgan fingerprint density at radius 1 is 1.13 bits per heavy atom. The van der Waals surface area contributed by atoms with E-state index in [2.05, 4.69) is 30.4 Å². The minimum atomic E-state index is -4.73. The van der Waals surface area contributed by atoms with Gasteiger partial charge in [0.1, 0.15) is 17.0 Å². The number of nitrogens with zero attached hydrogens (tertiary/aromatic N) is 4. The van der Waals surface area contributed by atoms with Crippen molar-refractivity contribution in [3.05, 3.63) is 64.1 Å². The lowest BCUT2D eigenvalue weighted by Crippen LogP contribution is -2.38. The number of anilines is 1. The van der Waals surface area contributed by atoms with E-state index in [1.54, 1.807) is 28.5 Å². The van der Waals surface area contributed by atoms with Gasteiger partial charge in [-0.1, -0.05) is 17.3 Å². The van der Waals surface area contributed by atoms with Gasteiger partial charge < -0.3 is 15.0 Å². The topological polar surface area (TPSA) is 113 Å². The molecule has 9 nitrogen and oxygen atoms in total. The summed E-state index contributed by atoms with van der Waals surface area (Å²) < 4.78 is 40.7. The number of aromatic amines is 1. The van der Waals surface area contributed by atoms with E-state index < -0.39 is 6.36 Å². The Morgan fingerprint density at radius 3 is 2.63 bits per heavy atom. The monoisotopic (exact) mass is 544 g/mol. The van der Waals surface area contributed by atoms with Crippen molar-refractivity contribution in [3.8, 4) is 5.75 Å². The molecule has 0 spiro atoms. The molecule has 0 unspecified atom stereocenters. The van der Waals surface area contributed by atoms with Gasteiger partial charge in [-0.15, -0.1) is 29.6 Å². The first-order chi connectivity index (χ1) is 18.2. The zero-order chi connectivity index (χ0) is 26.7. The maximum Gasteiger partial charge on any atom is 0.573 e. The van der Waals surface area contributed by atoms with Crippen molar-refractivity contribution in [1.82, 2.24) is 25.3 Å². The number of amides is 2. The molecule has 1 saturated heterocycles. The molecule has 13 heteroatoms. The number of nitrogens with one attached hydrogen (secondary N) is 2. The van der Waals surface area contributed by atoms with Crippen molar-refractivity contribution >= 4 is 39.9 Å². The number of aryl methyl sites for hydroxylation is 1. The SMILES string of the molecule is O=C(Nc1ccc2[nH]nnc2c1)c1csc(C2CCN(C(=O)CCc3ccc(OC(F)(F)F)cc3)CC2)n1. The van der Waals surface area contributed by atoms with Crippen molar-refractivity contribution in [2.24, 2.45) is 0 Å². The summed E-state index contributed by atoms with van der Waals surface area (Å²) in [5, 5.41) is 15.9. The largest absolute Gasteiger partial charge is 0.573 e.